The molecular formula is C24H38IN5O2. The van der Waals surface area contributed by atoms with E-state index in [9.17, 15) is 0 Å². The minimum absolute atomic E-state index is 0. The van der Waals surface area contributed by atoms with Crippen molar-refractivity contribution in [2.24, 2.45) is 4.99 Å². The molecule has 1 fully saturated rings. The minimum Gasteiger partial charge on any atom is -0.492 e. The molecule has 8 heteroatoms. The van der Waals surface area contributed by atoms with E-state index < -0.39 is 0 Å². The van der Waals surface area contributed by atoms with E-state index in [2.05, 4.69) is 58.6 Å². The molecule has 0 spiro atoms. The van der Waals surface area contributed by atoms with Crippen LogP contribution in [0.3, 0.4) is 0 Å². The number of aromatic nitrogens is 1. The zero-order valence-corrected chi connectivity index (χ0v) is 21.7. The van der Waals surface area contributed by atoms with Crippen molar-refractivity contribution < 1.29 is 9.47 Å². The molecule has 3 rings (SSSR count). The highest BCUT2D eigenvalue weighted by atomic mass is 127. The Kier molecular flexibility index (Phi) is 12.5. The van der Waals surface area contributed by atoms with Crippen LogP contribution in [0.25, 0.3) is 0 Å². The number of nitrogens with zero attached hydrogens (tertiary/aromatic N) is 3. The lowest BCUT2D eigenvalue weighted by atomic mass is 10.1. The highest BCUT2D eigenvalue weighted by Gasteiger charge is 2.17. The smallest absolute Gasteiger partial charge is 0.191 e. The molecule has 2 N–H and O–H groups in total. The number of nitrogens with one attached hydrogen (secondary N) is 2. The van der Waals surface area contributed by atoms with Gasteiger partial charge in [0, 0.05) is 57.8 Å². The molecule has 178 valence electrons. The summed E-state index contributed by atoms with van der Waals surface area (Å²) in [6.07, 6.45) is 6.35. The van der Waals surface area contributed by atoms with Gasteiger partial charge in [0.05, 0.1) is 6.54 Å². The van der Waals surface area contributed by atoms with Crippen LogP contribution in [0, 0.1) is 0 Å². The van der Waals surface area contributed by atoms with Crippen LogP contribution < -0.4 is 15.4 Å². The van der Waals surface area contributed by atoms with Gasteiger partial charge >= 0.3 is 0 Å². The summed E-state index contributed by atoms with van der Waals surface area (Å²) in [6.45, 7) is 8.59. The van der Waals surface area contributed by atoms with Crippen LogP contribution in [-0.4, -0.2) is 68.0 Å². The van der Waals surface area contributed by atoms with E-state index in [1.807, 2.05) is 24.3 Å². The summed E-state index contributed by atoms with van der Waals surface area (Å²) in [5, 5.41) is 6.70. The van der Waals surface area contributed by atoms with Gasteiger partial charge in [-0.3, -0.25) is 4.90 Å². The average Bonchev–Trinajstić information content (AvgIpc) is 3.32. The minimum atomic E-state index is 0. The normalized spacial score (nSPS) is 14.8. The first-order valence-corrected chi connectivity index (χ1v) is 11.4. The number of likely N-dealkylation sites (N-methyl/N-ethyl adjacent to an activating group) is 1. The maximum Gasteiger partial charge on any atom is 0.191 e. The molecule has 0 bridgehead atoms. The summed E-state index contributed by atoms with van der Waals surface area (Å²) in [7, 11) is 2.18. The monoisotopic (exact) mass is 555 g/mol. The maximum absolute atomic E-state index is 6.01. The molecule has 1 aromatic carbocycles. The van der Waals surface area contributed by atoms with Gasteiger partial charge in [-0.2, -0.15) is 0 Å². The zero-order chi connectivity index (χ0) is 21.7. The van der Waals surface area contributed by atoms with Crippen molar-refractivity contribution in [3.63, 3.8) is 0 Å². The SMILES string of the molecule is CCNC(=NCc1cccc(OCCN(C)C2CCOCC2)c1)NCCn1cccc1.I. The number of ether oxygens (including phenoxy) is 2. The third-order valence-electron chi connectivity index (χ3n) is 5.52. The second-order valence-electron chi connectivity index (χ2n) is 7.86. The van der Waals surface area contributed by atoms with E-state index in [1.54, 1.807) is 0 Å². The third kappa shape index (κ3) is 9.38. The predicted molar refractivity (Wildman–Crippen MR) is 141 cm³/mol. The highest BCUT2D eigenvalue weighted by molar-refractivity contribution is 14.0. The summed E-state index contributed by atoms with van der Waals surface area (Å²) in [5.74, 6) is 1.73. The van der Waals surface area contributed by atoms with E-state index >= 15 is 0 Å². The van der Waals surface area contributed by atoms with Gasteiger partial charge in [0.2, 0.25) is 0 Å². The van der Waals surface area contributed by atoms with Gasteiger partial charge in [-0.05, 0) is 56.6 Å². The number of aliphatic imine (C=N–C) groups is 1. The van der Waals surface area contributed by atoms with Gasteiger partial charge in [0.25, 0.3) is 0 Å². The summed E-state index contributed by atoms with van der Waals surface area (Å²) in [4.78, 5) is 7.11. The lowest BCUT2D eigenvalue weighted by molar-refractivity contribution is 0.0392. The number of halogens is 1. The number of guanidine groups is 1. The lowest BCUT2D eigenvalue weighted by Crippen LogP contribution is -2.38. The molecule has 1 saturated heterocycles. The van der Waals surface area contributed by atoms with Crippen molar-refractivity contribution in [1.82, 2.24) is 20.1 Å². The van der Waals surface area contributed by atoms with Crippen LogP contribution >= 0.6 is 24.0 Å². The van der Waals surface area contributed by atoms with Crippen molar-refractivity contribution in [2.45, 2.75) is 38.9 Å². The van der Waals surface area contributed by atoms with Gasteiger partial charge in [-0.1, -0.05) is 12.1 Å². The van der Waals surface area contributed by atoms with Gasteiger partial charge in [-0.25, -0.2) is 4.99 Å². The van der Waals surface area contributed by atoms with Crippen molar-refractivity contribution >= 4 is 29.9 Å². The molecule has 0 atom stereocenters. The van der Waals surface area contributed by atoms with Crippen molar-refractivity contribution in [3.8, 4) is 5.75 Å². The van der Waals surface area contributed by atoms with E-state index in [-0.39, 0.29) is 24.0 Å². The van der Waals surface area contributed by atoms with E-state index in [0.29, 0.717) is 19.2 Å². The van der Waals surface area contributed by atoms with Crippen LogP contribution in [-0.2, 0) is 17.8 Å². The quantitative estimate of drug-likeness (QED) is 0.253. The second kappa shape index (κ2) is 15.1. The predicted octanol–water partition coefficient (Wildman–Crippen LogP) is 3.35. The molecule has 0 amide bonds. The summed E-state index contributed by atoms with van der Waals surface area (Å²) >= 11 is 0. The van der Waals surface area contributed by atoms with Crippen LogP contribution in [0.2, 0.25) is 0 Å². The van der Waals surface area contributed by atoms with Crippen molar-refractivity contribution in [1.29, 1.82) is 0 Å². The number of hydrogen-bond donors (Lipinski definition) is 2. The van der Waals surface area contributed by atoms with E-state index in [1.165, 1.54) is 0 Å². The molecule has 1 aliphatic heterocycles. The van der Waals surface area contributed by atoms with Crippen molar-refractivity contribution in [2.75, 3.05) is 46.5 Å². The van der Waals surface area contributed by atoms with Crippen LogP contribution in [0.15, 0.2) is 53.8 Å². The second-order valence-corrected chi connectivity index (χ2v) is 7.86. The Balaban J connectivity index is 0.00000363. The molecule has 2 aromatic rings. The van der Waals surface area contributed by atoms with Crippen LogP contribution in [0.1, 0.15) is 25.3 Å². The third-order valence-corrected chi connectivity index (χ3v) is 5.52. The molecule has 0 unspecified atom stereocenters. The largest absolute Gasteiger partial charge is 0.492 e. The highest BCUT2D eigenvalue weighted by Crippen LogP contribution is 2.15. The van der Waals surface area contributed by atoms with Gasteiger partial charge in [-0.15, -0.1) is 24.0 Å². The standard InChI is InChI=1S/C24H37N5O2.HI/c1-3-25-24(26-11-14-29-12-4-5-13-29)27-20-21-7-6-8-23(19-21)31-18-15-28(2)22-9-16-30-17-10-22;/h4-8,12-13,19,22H,3,9-11,14-18,20H2,1-2H3,(H2,25,26,27);1H. The Bertz CT molecular complexity index is 778. The summed E-state index contributed by atoms with van der Waals surface area (Å²) in [5.41, 5.74) is 1.14. The molecule has 1 aliphatic rings. The fourth-order valence-corrected chi connectivity index (χ4v) is 3.68. The van der Waals surface area contributed by atoms with E-state index in [4.69, 9.17) is 14.5 Å². The first-order chi connectivity index (χ1) is 15.2. The van der Waals surface area contributed by atoms with Gasteiger partial charge < -0.3 is 24.7 Å². The van der Waals surface area contributed by atoms with Crippen LogP contribution in [0.4, 0.5) is 0 Å². The summed E-state index contributed by atoms with van der Waals surface area (Å²) < 4.78 is 13.6. The molecule has 2 heterocycles. The zero-order valence-electron chi connectivity index (χ0n) is 19.3. The molecule has 0 aliphatic carbocycles. The number of benzene rings is 1. The molecule has 0 radical (unpaired) electrons. The Morgan fingerprint density at radius 1 is 1.19 bits per heavy atom. The number of rotatable bonds is 11. The summed E-state index contributed by atoms with van der Waals surface area (Å²) in [6, 6.07) is 12.9. The van der Waals surface area contributed by atoms with Crippen LogP contribution in [0.5, 0.6) is 5.75 Å². The fraction of sp³-hybridized carbons (Fsp3) is 0.542. The molecular weight excluding hydrogens is 517 g/mol. The topological polar surface area (TPSA) is 63.1 Å². The Morgan fingerprint density at radius 3 is 2.72 bits per heavy atom. The molecule has 0 saturated carbocycles. The lowest BCUT2D eigenvalue weighted by Gasteiger charge is -2.31. The Hall–Kier alpha value is -1.78. The number of hydrogen-bond acceptors (Lipinski definition) is 4. The first-order valence-electron chi connectivity index (χ1n) is 11.4. The van der Waals surface area contributed by atoms with Crippen molar-refractivity contribution in [3.05, 3.63) is 54.4 Å². The first kappa shape index (κ1) is 26.5. The average molecular weight is 556 g/mol. The molecule has 7 nitrogen and oxygen atoms in total. The molecule has 1 aromatic heterocycles. The Morgan fingerprint density at radius 2 is 1.97 bits per heavy atom. The van der Waals surface area contributed by atoms with E-state index in [0.717, 1.165) is 69.5 Å². The van der Waals surface area contributed by atoms with Gasteiger partial charge in [0.1, 0.15) is 12.4 Å². The maximum atomic E-state index is 6.01. The molecule has 32 heavy (non-hydrogen) atoms. The Labute approximate surface area is 209 Å². The fourth-order valence-electron chi connectivity index (χ4n) is 3.68. The van der Waals surface area contributed by atoms with Gasteiger partial charge in [0.15, 0.2) is 5.96 Å².